The molecule has 7 heteroatoms. The molecule has 3 rings (SSSR count). The van der Waals surface area contributed by atoms with Gasteiger partial charge in [-0.2, -0.15) is 0 Å². The van der Waals surface area contributed by atoms with Crippen molar-refractivity contribution < 1.29 is 19.1 Å². The molecule has 1 aromatic rings. The van der Waals surface area contributed by atoms with E-state index >= 15 is 0 Å². The zero-order valence-corrected chi connectivity index (χ0v) is 16.7. The number of nitrogens with zero attached hydrogens (tertiary/aromatic N) is 2. The lowest BCUT2D eigenvalue weighted by atomic mass is 10.1. The van der Waals surface area contributed by atoms with Crippen LogP contribution in [0.3, 0.4) is 0 Å². The lowest BCUT2D eigenvalue weighted by Gasteiger charge is -2.23. The Hall–Kier alpha value is -2.02. The predicted octanol–water partition coefficient (Wildman–Crippen LogP) is 3.29. The predicted molar refractivity (Wildman–Crippen MR) is 103 cm³/mol. The highest BCUT2D eigenvalue weighted by Crippen LogP contribution is 2.30. The lowest BCUT2D eigenvalue weighted by Crippen LogP contribution is -2.35. The standard InChI is InChI=1S/C20H26N2O4S/c1-21(2)20(25)27-17-9-5-6-14(10-17)13-26-19(24)15-11-18(23)22(12-15)16-7-3-4-8-16/h5-6,9-10,15-16H,3-4,7-8,11-13H2,1-2H3/t15-/m0/s1. The summed E-state index contributed by atoms with van der Waals surface area (Å²) in [6.07, 6.45) is 4.66. The van der Waals surface area contributed by atoms with Crippen LogP contribution >= 0.6 is 11.8 Å². The second-order valence-electron chi connectivity index (χ2n) is 7.40. The maximum atomic E-state index is 12.4. The van der Waals surface area contributed by atoms with Crippen LogP contribution in [0.25, 0.3) is 0 Å². The number of benzene rings is 1. The van der Waals surface area contributed by atoms with Gasteiger partial charge in [0.1, 0.15) is 6.61 Å². The quantitative estimate of drug-likeness (QED) is 0.570. The van der Waals surface area contributed by atoms with Gasteiger partial charge >= 0.3 is 5.97 Å². The molecule has 2 fully saturated rings. The van der Waals surface area contributed by atoms with Gasteiger partial charge in [0.05, 0.1) is 5.92 Å². The minimum absolute atomic E-state index is 0.0550. The first-order chi connectivity index (χ1) is 12.9. The fourth-order valence-corrected chi connectivity index (χ4v) is 4.36. The van der Waals surface area contributed by atoms with E-state index in [-0.39, 0.29) is 36.1 Å². The zero-order chi connectivity index (χ0) is 19.4. The molecule has 1 aromatic carbocycles. The van der Waals surface area contributed by atoms with E-state index in [1.165, 1.54) is 4.90 Å². The SMILES string of the molecule is CN(C)C(=O)Sc1cccc(COC(=O)[C@H]2CC(=O)N(C3CCCC3)C2)c1. The summed E-state index contributed by atoms with van der Waals surface area (Å²) in [7, 11) is 3.41. The molecule has 0 spiro atoms. The molecule has 6 nitrogen and oxygen atoms in total. The maximum Gasteiger partial charge on any atom is 0.311 e. The monoisotopic (exact) mass is 390 g/mol. The zero-order valence-electron chi connectivity index (χ0n) is 15.8. The van der Waals surface area contributed by atoms with Crippen LogP contribution in [-0.4, -0.2) is 53.6 Å². The van der Waals surface area contributed by atoms with E-state index in [0.29, 0.717) is 12.6 Å². The van der Waals surface area contributed by atoms with E-state index in [1.54, 1.807) is 14.1 Å². The molecule has 0 N–H and O–H groups in total. The highest BCUT2D eigenvalue weighted by Gasteiger charge is 2.39. The molecule has 0 unspecified atom stereocenters. The van der Waals surface area contributed by atoms with Crippen LogP contribution in [0.4, 0.5) is 4.79 Å². The number of likely N-dealkylation sites (tertiary alicyclic amines) is 1. The van der Waals surface area contributed by atoms with Crippen molar-refractivity contribution in [3.8, 4) is 0 Å². The van der Waals surface area contributed by atoms with Crippen LogP contribution in [0.2, 0.25) is 0 Å². The number of esters is 1. The van der Waals surface area contributed by atoms with Crippen LogP contribution < -0.4 is 0 Å². The van der Waals surface area contributed by atoms with Gasteiger partial charge in [0.25, 0.3) is 5.24 Å². The van der Waals surface area contributed by atoms with E-state index in [4.69, 9.17) is 4.74 Å². The molecule has 1 atom stereocenters. The first kappa shape index (κ1) is 19.7. The van der Waals surface area contributed by atoms with E-state index < -0.39 is 0 Å². The third-order valence-corrected chi connectivity index (χ3v) is 6.14. The molecular weight excluding hydrogens is 364 g/mol. The minimum Gasteiger partial charge on any atom is -0.461 e. The van der Waals surface area contributed by atoms with Crippen molar-refractivity contribution in [2.45, 2.75) is 49.6 Å². The Bertz CT molecular complexity index is 716. The summed E-state index contributed by atoms with van der Waals surface area (Å²) >= 11 is 1.14. The van der Waals surface area contributed by atoms with E-state index in [1.807, 2.05) is 29.2 Å². The number of hydrogen-bond donors (Lipinski definition) is 0. The van der Waals surface area contributed by atoms with Crippen molar-refractivity contribution in [1.82, 2.24) is 9.80 Å². The largest absolute Gasteiger partial charge is 0.461 e. The number of thioether (sulfide) groups is 1. The van der Waals surface area contributed by atoms with Gasteiger partial charge < -0.3 is 14.5 Å². The van der Waals surface area contributed by atoms with Crippen LogP contribution in [0, 0.1) is 5.92 Å². The van der Waals surface area contributed by atoms with Crippen molar-refractivity contribution in [2.24, 2.45) is 5.92 Å². The van der Waals surface area contributed by atoms with Gasteiger partial charge in [-0.1, -0.05) is 25.0 Å². The molecule has 1 aliphatic carbocycles. The number of amides is 2. The molecule has 1 heterocycles. The Morgan fingerprint density at radius 2 is 2.00 bits per heavy atom. The van der Waals surface area contributed by atoms with Crippen LogP contribution in [0.15, 0.2) is 29.2 Å². The average Bonchev–Trinajstić information content (AvgIpc) is 3.29. The topological polar surface area (TPSA) is 66.9 Å². The number of carbonyl (C=O) groups excluding carboxylic acids is 3. The van der Waals surface area contributed by atoms with Crippen molar-refractivity contribution in [3.05, 3.63) is 29.8 Å². The maximum absolute atomic E-state index is 12.4. The highest BCUT2D eigenvalue weighted by molar-refractivity contribution is 8.13. The van der Waals surface area contributed by atoms with Gasteiger partial charge in [0, 0.05) is 38.0 Å². The van der Waals surface area contributed by atoms with Crippen molar-refractivity contribution in [3.63, 3.8) is 0 Å². The van der Waals surface area contributed by atoms with Crippen molar-refractivity contribution in [1.29, 1.82) is 0 Å². The van der Waals surface area contributed by atoms with Crippen LogP contribution in [-0.2, 0) is 20.9 Å². The molecular formula is C20H26N2O4S. The smallest absolute Gasteiger partial charge is 0.311 e. The number of rotatable bonds is 5. The summed E-state index contributed by atoms with van der Waals surface area (Å²) in [5.74, 6) is -0.610. The van der Waals surface area contributed by atoms with Crippen LogP contribution in [0.5, 0.6) is 0 Å². The van der Waals surface area contributed by atoms with E-state index in [9.17, 15) is 14.4 Å². The first-order valence-corrected chi connectivity index (χ1v) is 10.2. The first-order valence-electron chi connectivity index (χ1n) is 9.38. The third kappa shape index (κ3) is 5.03. The molecule has 1 saturated heterocycles. The Kier molecular flexibility index (Phi) is 6.42. The Balaban J connectivity index is 1.52. The van der Waals surface area contributed by atoms with Gasteiger partial charge in [0.2, 0.25) is 5.91 Å². The van der Waals surface area contributed by atoms with E-state index in [0.717, 1.165) is 47.9 Å². The Labute approximate surface area is 164 Å². The summed E-state index contributed by atoms with van der Waals surface area (Å²) in [6.45, 7) is 0.632. The average molecular weight is 391 g/mol. The van der Waals surface area contributed by atoms with Gasteiger partial charge in [-0.25, -0.2) is 0 Å². The number of ether oxygens (including phenoxy) is 1. The van der Waals surface area contributed by atoms with Crippen molar-refractivity contribution >= 4 is 28.9 Å². The summed E-state index contributed by atoms with van der Waals surface area (Å²) in [4.78, 5) is 40.7. The van der Waals surface area contributed by atoms with Crippen molar-refractivity contribution in [2.75, 3.05) is 20.6 Å². The molecule has 0 radical (unpaired) electrons. The summed E-state index contributed by atoms with van der Waals surface area (Å²) in [5, 5.41) is -0.0550. The fraction of sp³-hybridized carbons (Fsp3) is 0.550. The molecule has 27 heavy (non-hydrogen) atoms. The molecule has 2 amide bonds. The fourth-order valence-electron chi connectivity index (χ4n) is 3.62. The molecule has 2 aliphatic rings. The molecule has 1 saturated carbocycles. The van der Waals surface area contributed by atoms with Gasteiger partial charge in [-0.3, -0.25) is 14.4 Å². The van der Waals surface area contributed by atoms with Crippen LogP contribution in [0.1, 0.15) is 37.7 Å². The number of carbonyl (C=O) groups is 3. The summed E-state index contributed by atoms with van der Waals surface area (Å²) in [5.41, 5.74) is 0.830. The molecule has 0 bridgehead atoms. The summed E-state index contributed by atoms with van der Waals surface area (Å²) < 4.78 is 5.46. The number of hydrogen-bond acceptors (Lipinski definition) is 5. The highest BCUT2D eigenvalue weighted by atomic mass is 32.2. The minimum atomic E-state index is -0.369. The van der Waals surface area contributed by atoms with Gasteiger partial charge in [-0.15, -0.1) is 0 Å². The van der Waals surface area contributed by atoms with Gasteiger partial charge in [0.15, 0.2) is 0 Å². The summed E-state index contributed by atoms with van der Waals surface area (Å²) in [6, 6.07) is 7.71. The second-order valence-corrected chi connectivity index (χ2v) is 8.43. The third-order valence-electron chi connectivity index (χ3n) is 5.11. The van der Waals surface area contributed by atoms with Gasteiger partial charge in [-0.05, 0) is 42.3 Å². The van der Waals surface area contributed by atoms with E-state index in [2.05, 4.69) is 0 Å². The molecule has 0 aromatic heterocycles. The Morgan fingerprint density at radius 3 is 2.70 bits per heavy atom. The lowest BCUT2D eigenvalue weighted by molar-refractivity contribution is -0.149. The Morgan fingerprint density at radius 1 is 1.26 bits per heavy atom. The molecule has 146 valence electrons. The second kappa shape index (κ2) is 8.78. The normalized spacial score (nSPS) is 20.1. The molecule has 1 aliphatic heterocycles.